The van der Waals surface area contributed by atoms with Crippen LogP contribution in [0.15, 0.2) is 46.0 Å². The van der Waals surface area contributed by atoms with E-state index in [1.54, 1.807) is 25.1 Å². The van der Waals surface area contributed by atoms with Crippen molar-refractivity contribution in [3.8, 4) is 0 Å². The molecule has 24 heavy (non-hydrogen) atoms. The van der Waals surface area contributed by atoms with E-state index in [0.717, 1.165) is 36.8 Å². The van der Waals surface area contributed by atoms with Gasteiger partial charge >= 0.3 is 0 Å². The molecule has 0 saturated heterocycles. The third-order valence-corrected chi connectivity index (χ3v) is 4.53. The second-order valence-electron chi connectivity index (χ2n) is 6.20. The molecular weight excluding hydrogens is 308 g/mol. The molecule has 1 aliphatic carbocycles. The number of amides is 2. The maximum atomic E-state index is 12.5. The summed E-state index contributed by atoms with van der Waals surface area (Å²) in [6.45, 7) is 0.852. The minimum atomic E-state index is -0.269. The van der Waals surface area contributed by atoms with Crippen LogP contribution in [0.5, 0.6) is 0 Å². The molecule has 1 saturated carbocycles. The number of furan rings is 2. The van der Waals surface area contributed by atoms with E-state index in [-0.39, 0.29) is 23.7 Å². The predicted molar refractivity (Wildman–Crippen MR) is 86.6 cm³/mol. The van der Waals surface area contributed by atoms with Crippen molar-refractivity contribution in [2.45, 2.75) is 38.8 Å². The fraction of sp³-hybridized carbons (Fsp3) is 0.444. The van der Waals surface area contributed by atoms with E-state index in [1.807, 2.05) is 12.1 Å². The summed E-state index contributed by atoms with van der Waals surface area (Å²) in [5.74, 6) is -0.649. The summed E-state index contributed by atoms with van der Waals surface area (Å²) in [4.78, 5) is 25.0. The zero-order chi connectivity index (χ0) is 16.8. The van der Waals surface area contributed by atoms with Crippen LogP contribution in [0.3, 0.4) is 0 Å². The van der Waals surface area contributed by atoms with Crippen LogP contribution in [0, 0.1) is 11.8 Å². The van der Waals surface area contributed by atoms with E-state index in [0.29, 0.717) is 13.1 Å². The predicted octanol–water partition coefficient (Wildman–Crippen LogP) is 2.61. The van der Waals surface area contributed by atoms with Crippen molar-refractivity contribution in [3.05, 3.63) is 48.3 Å². The Morgan fingerprint density at radius 2 is 1.33 bits per heavy atom. The van der Waals surface area contributed by atoms with Crippen molar-refractivity contribution in [1.29, 1.82) is 0 Å². The van der Waals surface area contributed by atoms with Gasteiger partial charge in [-0.3, -0.25) is 9.59 Å². The molecule has 2 atom stereocenters. The highest BCUT2D eigenvalue weighted by atomic mass is 16.3. The first-order valence-corrected chi connectivity index (χ1v) is 8.31. The summed E-state index contributed by atoms with van der Waals surface area (Å²) in [6, 6.07) is 3.63. The Kier molecular flexibility index (Phi) is 5.36. The Labute approximate surface area is 140 Å². The standard InChI is InChI=1S/C18H22N2O4/c21-17(19-9-13-5-7-23-11-13)15-3-1-2-4-16(15)18(22)20-10-14-6-8-24-12-14/h5-8,11-12,15-16H,1-4,9-10H2,(H,19,21)(H,20,22)/t15-,16-/m1/s1. The quantitative estimate of drug-likeness (QED) is 0.852. The summed E-state index contributed by atoms with van der Waals surface area (Å²) in [5.41, 5.74) is 1.83. The highest BCUT2D eigenvalue weighted by Gasteiger charge is 2.35. The van der Waals surface area contributed by atoms with Crippen LogP contribution in [0.4, 0.5) is 0 Å². The maximum absolute atomic E-state index is 12.5. The van der Waals surface area contributed by atoms with Crippen LogP contribution < -0.4 is 10.6 Å². The van der Waals surface area contributed by atoms with Crippen LogP contribution in [0.1, 0.15) is 36.8 Å². The fourth-order valence-corrected chi connectivity index (χ4v) is 3.19. The minimum absolute atomic E-state index is 0.0561. The topological polar surface area (TPSA) is 84.5 Å². The molecule has 6 heteroatoms. The first-order chi connectivity index (χ1) is 11.7. The largest absolute Gasteiger partial charge is 0.472 e. The molecule has 0 aliphatic heterocycles. The maximum Gasteiger partial charge on any atom is 0.224 e. The fourth-order valence-electron chi connectivity index (χ4n) is 3.19. The van der Waals surface area contributed by atoms with E-state index in [4.69, 9.17) is 8.83 Å². The van der Waals surface area contributed by atoms with Crippen molar-refractivity contribution in [2.24, 2.45) is 11.8 Å². The molecule has 2 amide bonds. The third kappa shape index (κ3) is 4.07. The molecule has 2 aromatic rings. The smallest absolute Gasteiger partial charge is 0.224 e. The van der Waals surface area contributed by atoms with Gasteiger partial charge in [0.05, 0.1) is 25.1 Å². The van der Waals surface area contributed by atoms with Crippen LogP contribution in [0.25, 0.3) is 0 Å². The Balaban J connectivity index is 1.55. The summed E-state index contributed by atoms with van der Waals surface area (Å²) in [5, 5.41) is 5.83. The van der Waals surface area contributed by atoms with Gasteiger partial charge in [-0.15, -0.1) is 0 Å². The summed E-state index contributed by atoms with van der Waals surface area (Å²) < 4.78 is 9.99. The average Bonchev–Trinajstić information content (AvgIpc) is 3.31. The summed E-state index contributed by atoms with van der Waals surface area (Å²) >= 11 is 0. The highest BCUT2D eigenvalue weighted by molar-refractivity contribution is 5.87. The molecule has 0 radical (unpaired) electrons. The van der Waals surface area contributed by atoms with Crippen LogP contribution in [-0.2, 0) is 22.7 Å². The zero-order valence-corrected chi connectivity index (χ0v) is 13.5. The highest BCUT2D eigenvalue weighted by Crippen LogP contribution is 2.30. The van der Waals surface area contributed by atoms with Gasteiger partial charge in [0.1, 0.15) is 0 Å². The summed E-state index contributed by atoms with van der Waals surface area (Å²) in [6.07, 6.45) is 9.83. The lowest BCUT2D eigenvalue weighted by atomic mass is 9.78. The molecular formula is C18H22N2O4. The lowest BCUT2D eigenvalue weighted by Crippen LogP contribution is -2.43. The number of rotatable bonds is 6. The van der Waals surface area contributed by atoms with E-state index in [1.165, 1.54) is 0 Å². The van der Waals surface area contributed by atoms with Gasteiger partial charge in [-0.05, 0) is 25.0 Å². The van der Waals surface area contributed by atoms with Gasteiger partial charge in [0.25, 0.3) is 0 Å². The molecule has 3 rings (SSSR count). The van der Waals surface area contributed by atoms with Gasteiger partial charge in [0, 0.05) is 36.1 Å². The van der Waals surface area contributed by atoms with E-state index in [9.17, 15) is 9.59 Å². The van der Waals surface area contributed by atoms with Crippen LogP contribution in [-0.4, -0.2) is 11.8 Å². The number of hydrogen-bond acceptors (Lipinski definition) is 4. The van der Waals surface area contributed by atoms with Crippen molar-refractivity contribution >= 4 is 11.8 Å². The Morgan fingerprint density at radius 1 is 0.875 bits per heavy atom. The molecule has 0 unspecified atom stereocenters. The Morgan fingerprint density at radius 3 is 1.71 bits per heavy atom. The zero-order valence-electron chi connectivity index (χ0n) is 13.5. The molecule has 1 aliphatic rings. The number of carbonyl (C=O) groups is 2. The van der Waals surface area contributed by atoms with Crippen molar-refractivity contribution < 1.29 is 18.4 Å². The van der Waals surface area contributed by atoms with Crippen LogP contribution >= 0.6 is 0 Å². The van der Waals surface area contributed by atoms with Gasteiger partial charge in [-0.2, -0.15) is 0 Å². The van der Waals surface area contributed by atoms with Gasteiger partial charge in [0.2, 0.25) is 11.8 Å². The van der Waals surface area contributed by atoms with E-state index >= 15 is 0 Å². The first-order valence-electron chi connectivity index (χ1n) is 8.31. The van der Waals surface area contributed by atoms with Gasteiger partial charge in [-0.25, -0.2) is 0 Å². The molecule has 1 fully saturated rings. The Hall–Kier alpha value is -2.50. The van der Waals surface area contributed by atoms with Crippen molar-refractivity contribution in [1.82, 2.24) is 10.6 Å². The molecule has 0 spiro atoms. The molecule has 0 bridgehead atoms. The molecule has 2 aromatic heterocycles. The molecule has 0 aromatic carbocycles. The van der Waals surface area contributed by atoms with Crippen LogP contribution in [0.2, 0.25) is 0 Å². The second kappa shape index (κ2) is 7.86. The molecule has 2 heterocycles. The second-order valence-corrected chi connectivity index (χ2v) is 6.20. The lowest BCUT2D eigenvalue weighted by molar-refractivity contribution is -0.136. The normalized spacial score (nSPS) is 20.5. The molecule has 128 valence electrons. The minimum Gasteiger partial charge on any atom is -0.472 e. The molecule has 6 nitrogen and oxygen atoms in total. The van der Waals surface area contributed by atoms with Gasteiger partial charge < -0.3 is 19.5 Å². The first kappa shape index (κ1) is 16.4. The third-order valence-electron chi connectivity index (χ3n) is 4.53. The molecule has 2 N–H and O–H groups in total. The number of carbonyl (C=O) groups excluding carboxylic acids is 2. The van der Waals surface area contributed by atoms with E-state index < -0.39 is 0 Å². The van der Waals surface area contributed by atoms with Gasteiger partial charge in [-0.1, -0.05) is 12.8 Å². The Bertz CT molecular complexity index is 590. The lowest BCUT2D eigenvalue weighted by Gasteiger charge is -2.29. The van der Waals surface area contributed by atoms with Gasteiger partial charge in [0.15, 0.2) is 0 Å². The monoisotopic (exact) mass is 330 g/mol. The summed E-state index contributed by atoms with van der Waals surface area (Å²) in [7, 11) is 0. The number of hydrogen-bond donors (Lipinski definition) is 2. The number of nitrogens with one attached hydrogen (secondary N) is 2. The average molecular weight is 330 g/mol. The van der Waals surface area contributed by atoms with E-state index in [2.05, 4.69) is 10.6 Å². The van der Waals surface area contributed by atoms with Crippen molar-refractivity contribution in [2.75, 3.05) is 0 Å². The van der Waals surface area contributed by atoms with Crippen molar-refractivity contribution in [3.63, 3.8) is 0 Å². The SMILES string of the molecule is O=C(NCc1ccoc1)[C@@H]1CCCC[C@H]1C(=O)NCc1ccoc1.